The number of carbonyl (C=O) groups excluding carboxylic acids is 1. The van der Waals surface area contributed by atoms with E-state index < -0.39 is 10.7 Å². The standard InChI is InChI=1S/C24H22N4O3/c1-16-23(19-7-3-4-8-20(19)26-16)24(29)18(15-25)13-17-9-10-21(22(14-17)28(30)31)27-11-5-2-6-12-27/h3-4,7-10,13-14,26H,2,5-6,11-12H2,1H3/b18-13-. The first-order chi connectivity index (χ1) is 15.0. The first kappa shape index (κ1) is 20.4. The summed E-state index contributed by atoms with van der Waals surface area (Å²) in [6.45, 7) is 3.37. The second-order valence-electron chi connectivity index (χ2n) is 7.72. The van der Waals surface area contributed by atoms with Crippen LogP contribution in [0.1, 0.15) is 40.9 Å². The second-order valence-corrected chi connectivity index (χ2v) is 7.72. The number of fused-ring (bicyclic) bond motifs is 1. The zero-order chi connectivity index (χ0) is 22.0. The van der Waals surface area contributed by atoms with E-state index >= 15 is 0 Å². The van der Waals surface area contributed by atoms with Gasteiger partial charge in [-0.1, -0.05) is 24.3 Å². The number of hydrogen-bond donors (Lipinski definition) is 1. The summed E-state index contributed by atoms with van der Waals surface area (Å²) in [5.74, 6) is -0.403. The number of piperidine rings is 1. The summed E-state index contributed by atoms with van der Waals surface area (Å²) in [4.78, 5) is 29.7. The van der Waals surface area contributed by atoms with Crippen molar-refractivity contribution in [3.63, 3.8) is 0 Å². The van der Waals surface area contributed by atoms with Gasteiger partial charge in [-0.2, -0.15) is 5.26 Å². The molecule has 0 radical (unpaired) electrons. The minimum absolute atomic E-state index is 0.0105. The van der Waals surface area contributed by atoms with Crippen molar-refractivity contribution in [3.05, 3.63) is 75.0 Å². The summed E-state index contributed by atoms with van der Waals surface area (Å²) in [5.41, 5.74) is 2.91. The Morgan fingerprint density at radius 1 is 1.19 bits per heavy atom. The van der Waals surface area contributed by atoms with Crippen LogP contribution in [0.2, 0.25) is 0 Å². The number of aryl methyl sites for hydroxylation is 1. The van der Waals surface area contributed by atoms with E-state index in [-0.39, 0.29) is 11.3 Å². The molecule has 3 aromatic rings. The van der Waals surface area contributed by atoms with Gasteiger partial charge in [0.2, 0.25) is 5.78 Å². The van der Waals surface area contributed by atoms with Crippen molar-refractivity contribution in [1.82, 2.24) is 4.98 Å². The van der Waals surface area contributed by atoms with Gasteiger partial charge in [0.05, 0.1) is 10.5 Å². The van der Waals surface area contributed by atoms with Crippen LogP contribution < -0.4 is 4.90 Å². The molecule has 7 nitrogen and oxygen atoms in total. The minimum Gasteiger partial charge on any atom is -0.366 e. The molecule has 1 aliphatic heterocycles. The highest BCUT2D eigenvalue weighted by Crippen LogP contribution is 2.32. The van der Waals surface area contributed by atoms with Gasteiger partial charge in [-0.05, 0) is 50.0 Å². The largest absolute Gasteiger partial charge is 0.366 e. The van der Waals surface area contributed by atoms with Crippen LogP contribution in [0, 0.1) is 28.4 Å². The van der Waals surface area contributed by atoms with E-state index in [1.807, 2.05) is 35.2 Å². The number of aromatic nitrogens is 1. The molecule has 1 N–H and O–H groups in total. The molecular formula is C24H22N4O3. The Morgan fingerprint density at radius 3 is 2.65 bits per heavy atom. The molecule has 1 aromatic heterocycles. The number of Topliss-reactive ketones (excluding diaryl/α,β-unsaturated/α-hetero) is 1. The van der Waals surface area contributed by atoms with Gasteiger partial charge < -0.3 is 9.88 Å². The molecule has 31 heavy (non-hydrogen) atoms. The van der Waals surface area contributed by atoms with Crippen LogP contribution in [0.15, 0.2) is 48.0 Å². The lowest BCUT2D eigenvalue weighted by molar-refractivity contribution is -0.384. The number of nitro groups is 1. The summed E-state index contributed by atoms with van der Waals surface area (Å²) in [6.07, 6.45) is 4.58. The number of hydrogen-bond acceptors (Lipinski definition) is 5. The van der Waals surface area contributed by atoms with Crippen LogP contribution in [-0.4, -0.2) is 28.8 Å². The third kappa shape index (κ3) is 3.92. The number of nitriles is 1. The molecular weight excluding hydrogens is 392 g/mol. The Kier molecular flexibility index (Phi) is 5.54. The first-order valence-corrected chi connectivity index (χ1v) is 10.3. The van der Waals surface area contributed by atoms with Crippen LogP contribution in [-0.2, 0) is 0 Å². The number of anilines is 1. The highest BCUT2D eigenvalue weighted by atomic mass is 16.6. The molecule has 0 spiro atoms. The van der Waals surface area contributed by atoms with Gasteiger partial charge >= 0.3 is 0 Å². The lowest BCUT2D eigenvalue weighted by Crippen LogP contribution is -2.29. The van der Waals surface area contributed by atoms with Crippen molar-refractivity contribution >= 4 is 34.1 Å². The first-order valence-electron chi connectivity index (χ1n) is 10.3. The number of H-pyrrole nitrogens is 1. The van der Waals surface area contributed by atoms with Gasteiger partial charge in [0.25, 0.3) is 5.69 Å². The minimum atomic E-state index is -0.404. The molecule has 0 amide bonds. The quantitative estimate of drug-likeness (QED) is 0.204. The molecule has 2 heterocycles. The number of allylic oxidation sites excluding steroid dienone is 1. The van der Waals surface area contributed by atoms with Gasteiger partial charge in [0, 0.05) is 35.8 Å². The Morgan fingerprint density at radius 2 is 1.94 bits per heavy atom. The number of rotatable bonds is 5. The fraction of sp³-hybridized carbons (Fsp3) is 0.250. The number of aromatic amines is 1. The molecule has 4 rings (SSSR count). The Hall–Kier alpha value is -3.92. The maximum Gasteiger partial charge on any atom is 0.293 e. The van der Waals surface area contributed by atoms with Gasteiger partial charge in [-0.25, -0.2) is 0 Å². The average Bonchev–Trinajstić information content (AvgIpc) is 3.13. The molecule has 0 aliphatic carbocycles. The molecule has 0 bridgehead atoms. The maximum absolute atomic E-state index is 13.2. The third-order valence-electron chi connectivity index (χ3n) is 5.69. The Bertz CT molecular complexity index is 1240. The van der Waals surface area contributed by atoms with E-state index in [9.17, 15) is 20.2 Å². The van der Waals surface area contributed by atoms with Crippen molar-refractivity contribution < 1.29 is 9.72 Å². The van der Waals surface area contributed by atoms with E-state index in [1.165, 1.54) is 12.1 Å². The zero-order valence-electron chi connectivity index (χ0n) is 17.2. The SMILES string of the molecule is Cc1[nH]c2ccccc2c1C(=O)/C(C#N)=C\c1ccc(N2CCCCC2)c([N+](=O)[O-])c1. The number of nitro benzene ring substituents is 1. The molecule has 0 unspecified atom stereocenters. The second kappa shape index (κ2) is 8.44. The summed E-state index contributed by atoms with van der Waals surface area (Å²) >= 11 is 0. The molecule has 2 aromatic carbocycles. The van der Waals surface area contributed by atoms with E-state index in [0.29, 0.717) is 22.5 Å². The summed E-state index contributed by atoms with van der Waals surface area (Å²) in [6, 6.07) is 14.3. The van der Waals surface area contributed by atoms with Crippen LogP contribution in [0.25, 0.3) is 17.0 Å². The van der Waals surface area contributed by atoms with Gasteiger partial charge in [0.15, 0.2) is 0 Å². The molecule has 1 fully saturated rings. The van der Waals surface area contributed by atoms with Crippen molar-refractivity contribution in [2.45, 2.75) is 26.2 Å². The van der Waals surface area contributed by atoms with Crippen LogP contribution in [0.5, 0.6) is 0 Å². The summed E-state index contributed by atoms with van der Waals surface area (Å²) < 4.78 is 0. The lowest BCUT2D eigenvalue weighted by Gasteiger charge is -2.28. The topological polar surface area (TPSA) is 103 Å². The van der Waals surface area contributed by atoms with Gasteiger partial charge in [-0.3, -0.25) is 14.9 Å². The van der Waals surface area contributed by atoms with Crippen molar-refractivity contribution in [2.75, 3.05) is 18.0 Å². The Balaban J connectivity index is 1.73. The highest BCUT2D eigenvalue weighted by Gasteiger charge is 2.23. The average molecular weight is 414 g/mol. The van der Waals surface area contributed by atoms with Crippen LogP contribution in [0.3, 0.4) is 0 Å². The lowest BCUT2D eigenvalue weighted by atomic mass is 9.99. The summed E-state index contributed by atoms with van der Waals surface area (Å²) in [7, 11) is 0. The number of carbonyl (C=O) groups is 1. The fourth-order valence-electron chi connectivity index (χ4n) is 4.20. The third-order valence-corrected chi connectivity index (χ3v) is 5.69. The van der Waals surface area contributed by atoms with Crippen molar-refractivity contribution in [1.29, 1.82) is 5.26 Å². The van der Waals surface area contributed by atoms with E-state index in [1.54, 1.807) is 19.1 Å². The number of para-hydroxylation sites is 1. The smallest absolute Gasteiger partial charge is 0.293 e. The highest BCUT2D eigenvalue weighted by molar-refractivity contribution is 6.20. The molecule has 7 heteroatoms. The van der Waals surface area contributed by atoms with E-state index in [4.69, 9.17) is 0 Å². The number of nitrogens with zero attached hydrogens (tertiary/aromatic N) is 3. The van der Waals surface area contributed by atoms with Gasteiger partial charge in [0.1, 0.15) is 17.3 Å². The van der Waals surface area contributed by atoms with E-state index in [2.05, 4.69) is 4.98 Å². The maximum atomic E-state index is 13.2. The molecule has 1 aliphatic rings. The van der Waals surface area contributed by atoms with Crippen molar-refractivity contribution in [3.8, 4) is 6.07 Å². The summed E-state index contributed by atoms with van der Waals surface area (Å²) in [5, 5.41) is 22.1. The molecule has 156 valence electrons. The van der Waals surface area contributed by atoms with Crippen molar-refractivity contribution in [2.24, 2.45) is 0 Å². The normalized spacial score (nSPS) is 14.5. The predicted octanol–water partition coefficient (Wildman–Crippen LogP) is 5.16. The molecule has 0 atom stereocenters. The number of nitrogens with one attached hydrogen (secondary N) is 1. The van der Waals surface area contributed by atoms with Gasteiger partial charge in [-0.15, -0.1) is 0 Å². The number of ketones is 1. The molecule has 0 saturated carbocycles. The number of benzene rings is 2. The Labute approximate surface area is 179 Å². The fourth-order valence-corrected chi connectivity index (χ4v) is 4.20. The monoisotopic (exact) mass is 414 g/mol. The van der Waals surface area contributed by atoms with E-state index in [0.717, 1.165) is 43.3 Å². The zero-order valence-corrected chi connectivity index (χ0v) is 17.2. The molecule has 1 saturated heterocycles. The predicted molar refractivity (Wildman–Crippen MR) is 120 cm³/mol. The van der Waals surface area contributed by atoms with Crippen LogP contribution >= 0.6 is 0 Å². The van der Waals surface area contributed by atoms with Crippen LogP contribution in [0.4, 0.5) is 11.4 Å².